The summed E-state index contributed by atoms with van der Waals surface area (Å²) in [5.74, 6) is -0.165. The van der Waals surface area contributed by atoms with E-state index in [-0.39, 0.29) is 16.9 Å². The Hall–Kier alpha value is -3.52. The Morgan fingerprint density at radius 3 is 2.59 bits per heavy atom. The number of amides is 1. The lowest BCUT2D eigenvalue weighted by molar-refractivity contribution is -0.115. The van der Waals surface area contributed by atoms with Crippen LogP contribution in [0.2, 0.25) is 0 Å². The molecule has 0 radical (unpaired) electrons. The van der Waals surface area contributed by atoms with Crippen LogP contribution in [0.5, 0.6) is 0 Å². The smallest absolute Gasteiger partial charge is 0.237 e. The highest BCUT2D eigenvalue weighted by atomic mass is 32.2. The molecule has 32 heavy (non-hydrogen) atoms. The number of hydrogen-bond acceptors (Lipinski definition) is 6. The molecule has 0 bridgehead atoms. The molecule has 0 aliphatic heterocycles. The van der Waals surface area contributed by atoms with Crippen molar-refractivity contribution < 1.29 is 9.59 Å². The lowest BCUT2D eigenvalue weighted by Crippen LogP contribution is -2.25. The van der Waals surface area contributed by atoms with Gasteiger partial charge in [-0.1, -0.05) is 43.0 Å². The summed E-state index contributed by atoms with van der Waals surface area (Å²) in [5.41, 5.74) is 3.71. The van der Waals surface area contributed by atoms with Crippen LogP contribution < -0.4 is 5.32 Å². The fraction of sp³-hybridized carbons (Fsp3) is 0.208. The molecule has 0 fully saturated rings. The van der Waals surface area contributed by atoms with Gasteiger partial charge in [-0.2, -0.15) is 0 Å². The summed E-state index contributed by atoms with van der Waals surface area (Å²) in [4.78, 5) is 29.0. The van der Waals surface area contributed by atoms with E-state index in [0.29, 0.717) is 29.4 Å². The molecular formula is C24H23N5O2S. The van der Waals surface area contributed by atoms with E-state index >= 15 is 0 Å². The number of Topliss-reactive ketones (excluding diaryl/α,β-unsaturated/α-hetero) is 1. The number of carbonyl (C=O) groups is 2. The number of carbonyl (C=O) groups excluding carboxylic acids is 2. The molecule has 0 spiro atoms. The van der Waals surface area contributed by atoms with Crippen molar-refractivity contribution in [1.82, 2.24) is 19.7 Å². The Labute approximate surface area is 189 Å². The van der Waals surface area contributed by atoms with Gasteiger partial charge in [0, 0.05) is 23.2 Å². The second-order valence-corrected chi connectivity index (χ2v) is 8.49. The molecule has 162 valence electrons. The fourth-order valence-electron chi connectivity index (χ4n) is 3.51. The Balaban J connectivity index is 1.58. The van der Waals surface area contributed by atoms with E-state index in [4.69, 9.17) is 4.98 Å². The van der Waals surface area contributed by atoms with Crippen LogP contribution in [0.1, 0.15) is 30.6 Å². The normalized spacial score (nSPS) is 12.1. The lowest BCUT2D eigenvalue weighted by atomic mass is 10.1. The van der Waals surface area contributed by atoms with E-state index < -0.39 is 0 Å². The Bertz CT molecular complexity index is 1310. The van der Waals surface area contributed by atoms with Gasteiger partial charge in [0.1, 0.15) is 5.52 Å². The lowest BCUT2D eigenvalue weighted by Gasteiger charge is -2.14. The average Bonchev–Trinajstić information content (AvgIpc) is 3.11. The monoisotopic (exact) mass is 445 g/mol. The standard InChI is InChI=1S/C24H23N5O2S/c1-4-14-29-19-9-7-6-8-18(19)21-22(29)26-24(28-27-21)32-20(5-2)23(31)25-17-12-10-16(11-13-17)15(3)30/h4,6-13,20H,1,5,14H2,2-3H3,(H,25,31). The van der Waals surface area contributed by atoms with Crippen LogP contribution in [-0.2, 0) is 11.3 Å². The molecule has 1 amide bonds. The van der Waals surface area contributed by atoms with Crippen molar-refractivity contribution in [2.24, 2.45) is 0 Å². The van der Waals surface area contributed by atoms with Gasteiger partial charge in [-0.05, 0) is 43.7 Å². The number of rotatable bonds is 8. The SMILES string of the molecule is C=CCn1c2ccccc2c2nnc(SC(CC)C(=O)Nc3ccc(C(C)=O)cc3)nc21. The number of thioether (sulfide) groups is 1. The molecule has 2 aromatic heterocycles. The number of para-hydroxylation sites is 1. The summed E-state index contributed by atoms with van der Waals surface area (Å²) >= 11 is 1.29. The minimum Gasteiger partial charge on any atom is -0.325 e. The summed E-state index contributed by atoms with van der Waals surface area (Å²) in [6, 6.07) is 14.8. The summed E-state index contributed by atoms with van der Waals surface area (Å²) in [6.45, 7) is 7.90. The summed E-state index contributed by atoms with van der Waals surface area (Å²) in [5, 5.41) is 12.6. The molecule has 0 saturated carbocycles. The first kappa shape index (κ1) is 21.7. The maximum Gasteiger partial charge on any atom is 0.237 e. The van der Waals surface area contributed by atoms with Gasteiger partial charge in [-0.3, -0.25) is 9.59 Å². The molecule has 0 aliphatic rings. The minimum absolute atomic E-state index is 0.0150. The number of nitrogens with zero attached hydrogens (tertiary/aromatic N) is 4. The first-order chi connectivity index (χ1) is 15.5. The molecular weight excluding hydrogens is 422 g/mol. The van der Waals surface area contributed by atoms with Crippen LogP contribution in [0, 0.1) is 0 Å². The second kappa shape index (κ2) is 9.32. The summed E-state index contributed by atoms with van der Waals surface area (Å²) < 4.78 is 2.05. The Morgan fingerprint density at radius 2 is 1.91 bits per heavy atom. The zero-order valence-corrected chi connectivity index (χ0v) is 18.7. The van der Waals surface area contributed by atoms with Gasteiger partial charge in [0.05, 0.1) is 10.8 Å². The maximum atomic E-state index is 12.8. The third-order valence-corrected chi connectivity index (χ3v) is 6.35. The number of nitrogens with one attached hydrogen (secondary N) is 1. The van der Waals surface area contributed by atoms with Crippen LogP contribution >= 0.6 is 11.8 Å². The first-order valence-corrected chi connectivity index (χ1v) is 11.2. The van der Waals surface area contributed by atoms with Gasteiger partial charge in [-0.15, -0.1) is 16.8 Å². The molecule has 8 heteroatoms. The van der Waals surface area contributed by atoms with Crippen molar-refractivity contribution in [3.63, 3.8) is 0 Å². The van der Waals surface area contributed by atoms with E-state index in [1.54, 1.807) is 24.3 Å². The molecule has 1 atom stereocenters. The number of anilines is 1. The van der Waals surface area contributed by atoms with Crippen LogP contribution in [0.4, 0.5) is 5.69 Å². The maximum absolute atomic E-state index is 12.8. The minimum atomic E-state index is -0.390. The van der Waals surface area contributed by atoms with E-state index in [9.17, 15) is 9.59 Å². The van der Waals surface area contributed by atoms with Gasteiger partial charge >= 0.3 is 0 Å². The predicted molar refractivity (Wildman–Crippen MR) is 128 cm³/mol. The zero-order chi connectivity index (χ0) is 22.7. The van der Waals surface area contributed by atoms with Crippen LogP contribution in [-0.4, -0.2) is 36.7 Å². The number of ketones is 1. The van der Waals surface area contributed by atoms with Crippen molar-refractivity contribution in [3.8, 4) is 0 Å². The third kappa shape index (κ3) is 4.27. The fourth-order valence-corrected chi connectivity index (χ4v) is 4.33. The topological polar surface area (TPSA) is 89.8 Å². The highest BCUT2D eigenvalue weighted by molar-refractivity contribution is 8.00. The summed E-state index contributed by atoms with van der Waals surface area (Å²) in [6.07, 6.45) is 2.42. The average molecular weight is 446 g/mol. The second-order valence-electron chi connectivity index (χ2n) is 7.32. The Morgan fingerprint density at radius 1 is 1.16 bits per heavy atom. The predicted octanol–water partition coefficient (Wildman–Crippen LogP) is 4.88. The third-order valence-electron chi connectivity index (χ3n) is 5.14. The number of hydrogen-bond donors (Lipinski definition) is 1. The molecule has 1 unspecified atom stereocenters. The molecule has 0 aliphatic carbocycles. The van der Waals surface area contributed by atoms with Crippen molar-refractivity contribution in [2.75, 3.05) is 5.32 Å². The summed E-state index contributed by atoms with van der Waals surface area (Å²) in [7, 11) is 0. The molecule has 2 aromatic carbocycles. The van der Waals surface area contributed by atoms with Crippen molar-refractivity contribution in [1.29, 1.82) is 0 Å². The van der Waals surface area contributed by atoms with Crippen molar-refractivity contribution in [2.45, 2.75) is 37.2 Å². The molecule has 1 N–H and O–H groups in total. The number of benzene rings is 2. The number of allylic oxidation sites excluding steroid dienone is 1. The van der Waals surface area contributed by atoms with Gasteiger partial charge < -0.3 is 9.88 Å². The highest BCUT2D eigenvalue weighted by Crippen LogP contribution is 2.29. The number of fused-ring (bicyclic) bond motifs is 3. The molecule has 4 rings (SSSR count). The van der Waals surface area contributed by atoms with Gasteiger partial charge in [0.25, 0.3) is 0 Å². The number of aromatic nitrogens is 4. The molecule has 4 aromatic rings. The van der Waals surface area contributed by atoms with Gasteiger partial charge in [0.2, 0.25) is 11.1 Å². The van der Waals surface area contributed by atoms with Crippen LogP contribution in [0.15, 0.2) is 66.3 Å². The van der Waals surface area contributed by atoms with Crippen LogP contribution in [0.25, 0.3) is 22.1 Å². The van der Waals surface area contributed by atoms with E-state index in [1.807, 2.05) is 41.8 Å². The van der Waals surface area contributed by atoms with Gasteiger partial charge in [-0.25, -0.2) is 4.98 Å². The van der Waals surface area contributed by atoms with Gasteiger partial charge in [0.15, 0.2) is 11.4 Å². The van der Waals surface area contributed by atoms with Crippen molar-refractivity contribution in [3.05, 3.63) is 66.7 Å². The molecule has 0 saturated heterocycles. The highest BCUT2D eigenvalue weighted by Gasteiger charge is 2.21. The Kier molecular flexibility index (Phi) is 6.32. The zero-order valence-electron chi connectivity index (χ0n) is 17.9. The molecule has 2 heterocycles. The van der Waals surface area contributed by atoms with Crippen molar-refractivity contribution >= 4 is 51.2 Å². The quantitative estimate of drug-likeness (QED) is 0.236. The van der Waals surface area contributed by atoms with E-state index in [1.165, 1.54) is 18.7 Å². The van der Waals surface area contributed by atoms with E-state index in [0.717, 1.165) is 22.1 Å². The van der Waals surface area contributed by atoms with E-state index in [2.05, 4.69) is 22.1 Å². The van der Waals surface area contributed by atoms with Crippen LogP contribution in [0.3, 0.4) is 0 Å². The molecule has 7 nitrogen and oxygen atoms in total. The first-order valence-electron chi connectivity index (χ1n) is 10.3. The largest absolute Gasteiger partial charge is 0.325 e.